The van der Waals surface area contributed by atoms with E-state index in [2.05, 4.69) is 15.1 Å². The third-order valence-corrected chi connectivity index (χ3v) is 14.1. The van der Waals surface area contributed by atoms with Gasteiger partial charge in [-0.3, -0.25) is 19.9 Å². The van der Waals surface area contributed by atoms with Crippen LogP contribution in [0.3, 0.4) is 0 Å². The standard InChI is InChI=1S/C41H43N3O11S/c1-18-11-21-13-40(48)15-43(4)30(27(21)32(46)33(18)50-6)31-37-29-28(36-35(52-17-53-36)19(2)34(29)54-20(3)45)25(44(31)40)14-51-39(47)41(16-56-37)38-23(9-10-42-41)24-12-22(49-5)7-8-26(24)55-38/h7-8,11-12,25,30-31,37,42,46,48H,9-10,13-17H2,1-6H3/t25?,30-,31+,37+,40?,41+/m0/s1. The predicted molar refractivity (Wildman–Crippen MR) is 203 cm³/mol. The largest absolute Gasteiger partial charge is 0.504 e. The van der Waals surface area contributed by atoms with E-state index in [-0.39, 0.29) is 37.9 Å². The molecule has 0 saturated carbocycles. The number of rotatable bonds is 3. The fourth-order valence-electron chi connectivity index (χ4n) is 10.5. The van der Waals surface area contributed by atoms with Crippen molar-refractivity contribution in [3.8, 4) is 34.5 Å². The number of piperazine rings is 1. The number of fused-ring (bicyclic) bond motifs is 8. The first-order valence-corrected chi connectivity index (χ1v) is 19.8. The van der Waals surface area contributed by atoms with Crippen molar-refractivity contribution in [2.75, 3.05) is 53.5 Å². The van der Waals surface area contributed by atoms with Crippen LogP contribution in [0.4, 0.5) is 0 Å². The van der Waals surface area contributed by atoms with Gasteiger partial charge in [0, 0.05) is 71.4 Å². The molecule has 7 atom stereocenters. The second-order valence-corrected chi connectivity index (χ2v) is 16.8. The molecule has 14 nitrogen and oxygen atoms in total. The molecule has 3 unspecified atom stereocenters. The maximum atomic E-state index is 14.9. The predicted octanol–water partition coefficient (Wildman–Crippen LogP) is 4.46. The van der Waals surface area contributed by atoms with Gasteiger partial charge in [0.15, 0.2) is 28.5 Å². The van der Waals surface area contributed by atoms with Crippen LogP contribution >= 0.6 is 11.8 Å². The minimum Gasteiger partial charge on any atom is -0.504 e. The second kappa shape index (κ2) is 12.4. The quantitative estimate of drug-likeness (QED) is 0.197. The Morgan fingerprint density at radius 3 is 2.62 bits per heavy atom. The lowest BCUT2D eigenvalue weighted by atomic mass is 9.78. The van der Waals surface area contributed by atoms with Crippen LogP contribution in [-0.2, 0) is 32.7 Å². The molecule has 294 valence electrons. The van der Waals surface area contributed by atoms with Crippen LogP contribution in [0.1, 0.15) is 69.0 Å². The summed E-state index contributed by atoms with van der Waals surface area (Å²) in [5, 5.41) is 29.0. The number of thioether (sulfide) groups is 1. The highest BCUT2D eigenvalue weighted by Crippen LogP contribution is 2.65. The van der Waals surface area contributed by atoms with Crippen LogP contribution in [-0.4, -0.2) is 97.2 Å². The third-order valence-electron chi connectivity index (χ3n) is 12.6. The summed E-state index contributed by atoms with van der Waals surface area (Å²) in [5.41, 5.74) is 2.76. The lowest BCUT2D eigenvalue weighted by Gasteiger charge is -2.60. The second-order valence-electron chi connectivity index (χ2n) is 15.7. The van der Waals surface area contributed by atoms with E-state index in [1.807, 2.05) is 45.2 Å². The average Bonchev–Trinajstić information content (AvgIpc) is 3.76. The number of hydrogen-bond donors (Lipinski definition) is 3. The number of aliphatic hydroxyl groups is 1. The number of benzene rings is 3. The number of aryl methyl sites for hydroxylation is 1. The molecule has 0 aliphatic carbocycles. The molecule has 2 saturated heterocycles. The summed E-state index contributed by atoms with van der Waals surface area (Å²) in [7, 11) is 5.10. The molecule has 2 fully saturated rings. The average molecular weight is 786 g/mol. The van der Waals surface area contributed by atoms with Crippen molar-refractivity contribution in [1.29, 1.82) is 0 Å². The topological polar surface area (TPSA) is 162 Å². The van der Waals surface area contributed by atoms with Gasteiger partial charge in [-0.05, 0) is 56.6 Å². The molecular formula is C41H43N3O11S. The normalized spacial score (nSPS) is 29.9. The molecule has 0 radical (unpaired) electrons. The number of aromatic hydroxyl groups is 1. The minimum absolute atomic E-state index is 0.0184. The van der Waals surface area contributed by atoms with E-state index in [9.17, 15) is 19.8 Å². The van der Waals surface area contributed by atoms with Crippen molar-refractivity contribution < 1.29 is 52.6 Å². The van der Waals surface area contributed by atoms with Gasteiger partial charge in [-0.25, -0.2) is 4.79 Å². The van der Waals surface area contributed by atoms with Crippen molar-refractivity contribution in [3.05, 3.63) is 69.0 Å². The molecule has 12 rings (SSSR count). The van der Waals surface area contributed by atoms with Crippen LogP contribution in [0.2, 0.25) is 0 Å². The summed E-state index contributed by atoms with van der Waals surface area (Å²) in [4.78, 5) is 32.0. The minimum atomic E-state index is -1.51. The number of carbonyl (C=O) groups is 2. The van der Waals surface area contributed by atoms with Gasteiger partial charge < -0.3 is 43.1 Å². The fraction of sp³-hybridized carbons (Fsp3) is 0.463. The number of phenols is 1. The Morgan fingerprint density at radius 2 is 1.86 bits per heavy atom. The first kappa shape index (κ1) is 35.7. The number of phenolic OH excluding ortho intramolecular Hbond substituents is 1. The molecular weight excluding hydrogens is 743 g/mol. The lowest BCUT2D eigenvalue weighted by molar-refractivity contribution is -0.215. The highest BCUT2D eigenvalue weighted by Gasteiger charge is 2.64. The van der Waals surface area contributed by atoms with E-state index in [4.69, 9.17) is 32.8 Å². The van der Waals surface area contributed by atoms with Gasteiger partial charge >= 0.3 is 11.9 Å². The first-order chi connectivity index (χ1) is 26.9. The molecule has 4 aromatic rings. The Kier molecular flexibility index (Phi) is 7.92. The van der Waals surface area contributed by atoms with Crippen molar-refractivity contribution in [1.82, 2.24) is 15.1 Å². The zero-order chi connectivity index (χ0) is 39.0. The Hall–Kier alpha value is -4.67. The zero-order valence-electron chi connectivity index (χ0n) is 31.9. The van der Waals surface area contributed by atoms with Gasteiger partial charge in [0.1, 0.15) is 35.2 Å². The van der Waals surface area contributed by atoms with E-state index < -0.39 is 46.6 Å². The zero-order valence-corrected chi connectivity index (χ0v) is 32.8. The highest BCUT2D eigenvalue weighted by atomic mass is 32.2. The molecule has 56 heavy (non-hydrogen) atoms. The number of methoxy groups -OCH3 is 2. The van der Waals surface area contributed by atoms with Gasteiger partial charge in [0.05, 0.1) is 31.6 Å². The number of carbonyl (C=O) groups excluding carboxylic acids is 2. The van der Waals surface area contributed by atoms with E-state index in [0.717, 1.165) is 22.1 Å². The molecule has 8 aliphatic heterocycles. The highest BCUT2D eigenvalue weighted by molar-refractivity contribution is 7.99. The van der Waals surface area contributed by atoms with E-state index >= 15 is 0 Å². The van der Waals surface area contributed by atoms with Crippen LogP contribution in [0.5, 0.6) is 34.5 Å². The van der Waals surface area contributed by atoms with Gasteiger partial charge in [0.2, 0.25) is 6.79 Å². The number of nitrogens with one attached hydrogen (secondary N) is 1. The molecule has 3 N–H and O–H groups in total. The van der Waals surface area contributed by atoms with E-state index in [0.29, 0.717) is 75.3 Å². The van der Waals surface area contributed by atoms with Gasteiger partial charge in [-0.2, -0.15) is 0 Å². The lowest BCUT2D eigenvalue weighted by Crippen LogP contribution is -2.70. The van der Waals surface area contributed by atoms with Gasteiger partial charge in [0.25, 0.3) is 0 Å². The number of esters is 2. The molecule has 3 aromatic carbocycles. The SMILES string of the molecule is COc1ccc2oc3c(c2c1)CCN[C@]31CS[C@@H]2c3c(OC(C)=O)c(C)c4c(c3C(COC1=O)N1[C@@H]2[C@@H]2c3c(cc(C)c(OC)c3O)CC1(O)CN2C)OCO4. The number of furan rings is 1. The number of nitrogens with zero attached hydrogens (tertiary/aromatic N) is 2. The monoisotopic (exact) mass is 785 g/mol. The number of ether oxygens (including phenoxy) is 6. The summed E-state index contributed by atoms with van der Waals surface area (Å²) in [5.74, 6) is 1.93. The smallest absolute Gasteiger partial charge is 0.335 e. The maximum absolute atomic E-state index is 14.9. The van der Waals surface area contributed by atoms with E-state index in [1.54, 1.807) is 7.11 Å². The summed E-state index contributed by atoms with van der Waals surface area (Å²) in [6.07, 6.45) is 0.797. The van der Waals surface area contributed by atoms with Crippen molar-refractivity contribution in [3.63, 3.8) is 0 Å². The molecule has 15 heteroatoms. The van der Waals surface area contributed by atoms with E-state index in [1.165, 1.54) is 25.8 Å². The number of likely N-dealkylation sites (N-methyl/N-ethyl adjacent to an activating group) is 1. The van der Waals surface area contributed by atoms with Crippen molar-refractivity contribution in [2.45, 2.75) is 68.3 Å². The van der Waals surface area contributed by atoms with Crippen LogP contribution in [0, 0.1) is 13.8 Å². The molecule has 4 bridgehead atoms. The van der Waals surface area contributed by atoms with Gasteiger partial charge in [-0.1, -0.05) is 6.07 Å². The summed E-state index contributed by atoms with van der Waals surface area (Å²) in [6, 6.07) is 5.74. The molecule has 9 heterocycles. The van der Waals surface area contributed by atoms with Crippen molar-refractivity contribution in [2.24, 2.45) is 0 Å². The molecule has 8 aliphatic rings. The fourth-order valence-corrected chi connectivity index (χ4v) is 12.2. The summed E-state index contributed by atoms with van der Waals surface area (Å²) < 4.78 is 42.8. The number of hydrogen-bond acceptors (Lipinski definition) is 15. The van der Waals surface area contributed by atoms with Crippen LogP contribution < -0.4 is 29.0 Å². The Labute approximate surface area is 326 Å². The van der Waals surface area contributed by atoms with Crippen LogP contribution in [0.15, 0.2) is 28.7 Å². The third kappa shape index (κ3) is 4.71. The molecule has 1 spiro atoms. The first-order valence-electron chi connectivity index (χ1n) is 18.8. The Balaban J connectivity index is 1.24. The molecule has 1 aromatic heterocycles. The van der Waals surface area contributed by atoms with Gasteiger partial charge in [-0.15, -0.1) is 11.8 Å². The Bertz CT molecular complexity index is 2380. The summed E-state index contributed by atoms with van der Waals surface area (Å²) >= 11 is 1.49. The molecule has 0 amide bonds. The summed E-state index contributed by atoms with van der Waals surface area (Å²) in [6.45, 7) is 5.54. The van der Waals surface area contributed by atoms with Crippen molar-refractivity contribution >= 4 is 34.7 Å². The van der Waals surface area contributed by atoms with Crippen LogP contribution in [0.25, 0.3) is 11.0 Å². The Morgan fingerprint density at radius 1 is 1.05 bits per heavy atom. The maximum Gasteiger partial charge on any atom is 0.335 e.